The Morgan fingerprint density at radius 3 is 2.57 bits per heavy atom. The van der Waals surface area contributed by atoms with Gasteiger partial charge in [0.1, 0.15) is 5.82 Å². The molecule has 6 nitrogen and oxygen atoms in total. The summed E-state index contributed by atoms with van der Waals surface area (Å²) in [5.74, 6) is 1.83. The fourth-order valence-electron chi connectivity index (χ4n) is 2.67. The van der Waals surface area contributed by atoms with E-state index in [1.807, 2.05) is 12.1 Å². The molecule has 0 radical (unpaired) electrons. The topological polar surface area (TPSA) is 73.6 Å². The number of benzene rings is 2. The minimum Gasteiger partial charge on any atom is -0.493 e. The van der Waals surface area contributed by atoms with Crippen molar-refractivity contribution in [3.63, 3.8) is 0 Å². The van der Waals surface area contributed by atoms with Crippen molar-refractivity contribution in [1.29, 1.82) is 0 Å². The van der Waals surface area contributed by atoms with E-state index in [-0.39, 0.29) is 18.1 Å². The van der Waals surface area contributed by atoms with Gasteiger partial charge in [-0.1, -0.05) is 6.07 Å². The fraction of sp³-hybridized carbons (Fsp3) is 0.238. The van der Waals surface area contributed by atoms with Gasteiger partial charge in [0.05, 0.1) is 20.4 Å². The number of ether oxygens (including phenoxy) is 2. The van der Waals surface area contributed by atoms with Gasteiger partial charge in [0.25, 0.3) is 0 Å². The number of carbonyl (C=O) groups is 1. The fourth-order valence-corrected chi connectivity index (χ4v) is 2.67. The van der Waals surface area contributed by atoms with Gasteiger partial charge in [0.2, 0.25) is 5.91 Å². The average Bonchev–Trinajstić information content (AvgIpc) is 3.20. The summed E-state index contributed by atoms with van der Waals surface area (Å²) in [6.45, 7) is 0.381. The number of nitrogens with one attached hydrogen (secondary N) is 1. The van der Waals surface area contributed by atoms with Crippen molar-refractivity contribution in [2.24, 2.45) is 0 Å². The van der Waals surface area contributed by atoms with Crippen molar-refractivity contribution in [2.45, 2.75) is 19.4 Å². The third kappa shape index (κ3) is 4.88. The van der Waals surface area contributed by atoms with Crippen LogP contribution >= 0.6 is 0 Å². The first-order valence-electron chi connectivity index (χ1n) is 8.77. The summed E-state index contributed by atoms with van der Waals surface area (Å²) in [5, 5.41) is 2.86. The molecule has 0 saturated carbocycles. The van der Waals surface area contributed by atoms with Gasteiger partial charge in [0, 0.05) is 24.9 Å². The average molecular weight is 384 g/mol. The molecule has 28 heavy (non-hydrogen) atoms. The highest BCUT2D eigenvalue weighted by atomic mass is 19.1. The lowest BCUT2D eigenvalue weighted by atomic mass is 10.2. The van der Waals surface area contributed by atoms with Crippen molar-refractivity contribution in [2.75, 3.05) is 14.2 Å². The lowest BCUT2D eigenvalue weighted by molar-refractivity contribution is -0.121. The molecule has 0 aliphatic rings. The normalized spacial score (nSPS) is 10.5. The Morgan fingerprint density at radius 1 is 1.11 bits per heavy atom. The standard InChI is InChI=1S/C21H21FN2O4/c1-26-17-8-3-14(11-18(17)27-2)12-23-20(25)9-10-21-24-13-19(28-21)15-4-6-16(22)7-5-15/h3-8,11,13H,9-10,12H2,1-2H3,(H,23,25). The molecule has 1 amide bonds. The Balaban J connectivity index is 1.50. The van der Waals surface area contributed by atoms with Crippen LogP contribution < -0.4 is 14.8 Å². The van der Waals surface area contributed by atoms with Crippen molar-refractivity contribution in [3.05, 3.63) is 65.9 Å². The summed E-state index contributed by atoms with van der Waals surface area (Å²) in [7, 11) is 3.14. The number of aryl methyl sites for hydroxylation is 1. The van der Waals surface area contributed by atoms with Crippen LogP contribution in [-0.4, -0.2) is 25.1 Å². The van der Waals surface area contributed by atoms with Crippen LogP contribution in [0.2, 0.25) is 0 Å². The summed E-state index contributed by atoms with van der Waals surface area (Å²) in [5.41, 5.74) is 1.64. The van der Waals surface area contributed by atoms with Crippen LogP contribution in [0.1, 0.15) is 17.9 Å². The molecule has 7 heteroatoms. The van der Waals surface area contributed by atoms with Crippen LogP contribution in [0, 0.1) is 5.82 Å². The molecule has 0 unspecified atom stereocenters. The van der Waals surface area contributed by atoms with Crippen LogP contribution in [-0.2, 0) is 17.8 Å². The van der Waals surface area contributed by atoms with E-state index in [1.165, 1.54) is 12.1 Å². The zero-order chi connectivity index (χ0) is 19.9. The number of amides is 1. The smallest absolute Gasteiger partial charge is 0.220 e. The summed E-state index contributed by atoms with van der Waals surface area (Å²) >= 11 is 0. The third-order valence-corrected chi connectivity index (χ3v) is 4.19. The van der Waals surface area contributed by atoms with E-state index < -0.39 is 0 Å². The summed E-state index contributed by atoms with van der Waals surface area (Å²) in [6.07, 6.45) is 2.19. The number of halogens is 1. The lowest BCUT2D eigenvalue weighted by Gasteiger charge is -2.10. The highest BCUT2D eigenvalue weighted by molar-refractivity contribution is 5.76. The first kappa shape index (κ1) is 19.4. The predicted octanol–water partition coefficient (Wildman–Crippen LogP) is 3.75. The molecule has 1 heterocycles. The molecule has 1 aromatic heterocycles. The number of hydrogen-bond acceptors (Lipinski definition) is 5. The van der Waals surface area contributed by atoms with Crippen LogP contribution in [0.5, 0.6) is 11.5 Å². The van der Waals surface area contributed by atoms with E-state index in [1.54, 1.807) is 38.6 Å². The number of aromatic nitrogens is 1. The van der Waals surface area contributed by atoms with Gasteiger partial charge >= 0.3 is 0 Å². The van der Waals surface area contributed by atoms with E-state index in [0.29, 0.717) is 36.1 Å². The molecule has 0 saturated heterocycles. The highest BCUT2D eigenvalue weighted by Gasteiger charge is 2.10. The molecule has 3 rings (SSSR count). The molecule has 0 aliphatic heterocycles. The van der Waals surface area contributed by atoms with Crippen LogP contribution in [0.3, 0.4) is 0 Å². The number of oxazole rings is 1. The summed E-state index contributed by atoms with van der Waals surface area (Å²) < 4.78 is 29.1. The van der Waals surface area contributed by atoms with Gasteiger partial charge in [0.15, 0.2) is 23.1 Å². The van der Waals surface area contributed by atoms with Gasteiger partial charge in [-0.2, -0.15) is 0 Å². The van der Waals surface area contributed by atoms with Crippen molar-refractivity contribution in [3.8, 4) is 22.8 Å². The third-order valence-electron chi connectivity index (χ3n) is 4.19. The maximum Gasteiger partial charge on any atom is 0.220 e. The van der Waals surface area contributed by atoms with Crippen LogP contribution in [0.15, 0.2) is 53.1 Å². The maximum atomic E-state index is 13.0. The van der Waals surface area contributed by atoms with Crippen LogP contribution in [0.4, 0.5) is 4.39 Å². The Kier molecular flexibility index (Phi) is 6.26. The zero-order valence-electron chi connectivity index (χ0n) is 15.7. The Labute approximate surface area is 162 Å². The van der Waals surface area contributed by atoms with E-state index in [2.05, 4.69) is 10.3 Å². The van der Waals surface area contributed by atoms with Gasteiger partial charge < -0.3 is 19.2 Å². The molecule has 0 spiro atoms. The van der Waals surface area contributed by atoms with E-state index in [0.717, 1.165) is 11.1 Å². The number of nitrogens with zero attached hydrogens (tertiary/aromatic N) is 1. The van der Waals surface area contributed by atoms with Crippen molar-refractivity contribution in [1.82, 2.24) is 10.3 Å². The summed E-state index contributed by atoms with van der Waals surface area (Å²) in [6, 6.07) is 11.4. The molecule has 1 N–H and O–H groups in total. The van der Waals surface area contributed by atoms with Gasteiger partial charge in [-0.25, -0.2) is 9.37 Å². The monoisotopic (exact) mass is 384 g/mol. The molecule has 2 aromatic carbocycles. The Morgan fingerprint density at radius 2 is 1.86 bits per heavy atom. The maximum absolute atomic E-state index is 13.0. The second-order valence-electron chi connectivity index (χ2n) is 6.09. The SMILES string of the molecule is COc1ccc(CNC(=O)CCc2ncc(-c3ccc(F)cc3)o2)cc1OC. The van der Waals surface area contributed by atoms with Crippen molar-refractivity contribution >= 4 is 5.91 Å². The van der Waals surface area contributed by atoms with E-state index >= 15 is 0 Å². The second kappa shape index (κ2) is 9.03. The number of hydrogen-bond donors (Lipinski definition) is 1. The molecule has 0 atom stereocenters. The Hall–Kier alpha value is -3.35. The molecule has 146 valence electrons. The molecule has 0 aliphatic carbocycles. The quantitative estimate of drug-likeness (QED) is 0.640. The largest absolute Gasteiger partial charge is 0.493 e. The predicted molar refractivity (Wildman–Crippen MR) is 102 cm³/mol. The molecule has 3 aromatic rings. The molecule has 0 fully saturated rings. The van der Waals surface area contributed by atoms with Gasteiger partial charge in [-0.05, 0) is 42.0 Å². The molecule has 0 bridgehead atoms. The number of carbonyl (C=O) groups excluding carboxylic acids is 1. The molecular formula is C21H21FN2O4. The Bertz CT molecular complexity index is 938. The van der Waals surface area contributed by atoms with Crippen LogP contribution in [0.25, 0.3) is 11.3 Å². The first-order valence-corrected chi connectivity index (χ1v) is 8.77. The van der Waals surface area contributed by atoms with E-state index in [9.17, 15) is 9.18 Å². The van der Waals surface area contributed by atoms with Gasteiger partial charge in [-0.15, -0.1) is 0 Å². The minimum atomic E-state index is -0.311. The minimum absolute atomic E-state index is 0.115. The van der Waals surface area contributed by atoms with Crippen molar-refractivity contribution < 1.29 is 23.1 Å². The second-order valence-corrected chi connectivity index (χ2v) is 6.09. The number of methoxy groups -OCH3 is 2. The highest BCUT2D eigenvalue weighted by Crippen LogP contribution is 2.27. The first-order chi connectivity index (χ1) is 13.6. The number of rotatable bonds is 8. The summed E-state index contributed by atoms with van der Waals surface area (Å²) in [4.78, 5) is 16.3. The van der Waals surface area contributed by atoms with E-state index in [4.69, 9.17) is 13.9 Å². The van der Waals surface area contributed by atoms with Gasteiger partial charge in [-0.3, -0.25) is 4.79 Å². The zero-order valence-corrected chi connectivity index (χ0v) is 15.7. The lowest BCUT2D eigenvalue weighted by Crippen LogP contribution is -2.23. The molecular weight excluding hydrogens is 363 g/mol.